The smallest absolute Gasteiger partial charge is 0.0494 e. The minimum atomic E-state index is 0.893. The fraction of sp³-hybridized carbons (Fsp3) is 1.00. The topological polar surface area (TPSA) is 9.23 Å². The van der Waals surface area contributed by atoms with E-state index < -0.39 is 0 Å². The molecule has 0 atom stereocenters. The van der Waals surface area contributed by atoms with Crippen molar-refractivity contribution < 1.29 is 4.74 Å². The Bertz CT molecular complexity index is 138. The highest BCUT2D eigenvalue weighted by molar-refractivity contribution is 4.66. The van der Waals surface area contributed by atoms with Gasteiger partial charge >= 0.3 is 0 Å². The first-order chi connectivity index (χ1) is 7.93. The zero-order valence-corrected chi connectivity index (χ0v) is 11.2. The normalized spacial score (nSPS) is 17.1. The molecule has 0 bridgehead atoms. The van der Waals surface area contributed by atoms with Crippen molar-refractivity contribution >= 4 is 0 Å². The third-order valence-electron chi connectivity index (χ3n) is 3.72. The Morgan fingerprint density at radius 1 is 0.875 bits per heavy atom. The molecule has 0 radical (unpaired) electrons. The van der Waals surface area contributed by atoms with Gasteiger partial charge in [-0.3, -0.25) is 0 Å². The summed E-state index contributed by atoms with van der Waals surface area (Å²) in [6.45, 7) is 4.32. The van der Waals surface area contributed by atoms with Gasteiger partial charge in [0.2, 0.25) is 0 Å². The Kier molecular flexibility index (Phi) is 8.88. The van der Waals surface area contributed by atoms with Gasteiger partial charge in [0.05, 0.1) is 0 Å². The number of rotatable bonds is 10. The molecule has 0 aromatic heterocycles. The van der Waals surface area contributed by atoms with Crippen molar-refractivity contribution in [3.05, 3.63) is 0 Å². The maximum atomic E-state index is 5.75. The van der Waals surface area contributed by atoms with E-state index >= 15 is 0 Å². The molecule has 1 saturated carbocycles. The molecule has 0 spiro atoms. The Morgan fingerprint density at radius 2 is 1.50 bits per heavy atom. The Labute approximate surface area is 102 Å². The summed E-state index contributed by atoms with van der Waals surface area (Å²) in [6, 6.07) is 0. The summed E-state index contributed by atoms with van der Waals surface area (Å²) in [5, 5.41) is 0. The number of hydrogen-bond acceptors (Lipinski definition) is 1. The van der Waals surface area contributed by atoms with E-state index in [9.17, 15) is 0 Å². The first-order valence-corrected chi connectivity index (χ1v) is 7.51. The summed E-state index contributed by atoms with van der Waals surface area (Å²) in [6.07, 6.45) is 15.4. The van der Waals surface area contributed by atoms with Crippen molar-refractivity contribution in [1.29, 1.82) is 0 Å². The summed E-state index contributed by atoms with van der Waals surface area (Å²) in [7, 11) is 0. The molecule has 0 saturated heterocycles. The summed E-state index contributed by atoms with van der Waals surface area (Å²) in [5.74, 6) is 0.893. The average Bonchev–Trinajstić information content (AvgIpc) is 2.80. The molecule has 0 heterocycles. The van der Waals surface area contributed by atoms with Crippen LogP contribution in [-0.4, -0.2) is 13.2 Å². The molecule has 0 aromatic carbocycles. The molecule has 0 amide bonds. The third-order valence-corrected chi connectivity index (χ3v) is 3.72. The highest BCUT2D eigenvalue weighted by Crippen LogP contribution is 2.24. The zero-order valence-electron chi connectivity index (χ0n) is 11.2. The lowest BCUT2D eigenvalue weighted by molar-refractivity contribution is 0.0978. The van der Waals surface area contributed by atoms with Crippen LogP contribution < -0.4 is 0 Å². The van der Waals surface area contributed by atoms with E-state index in [4.69, 9.17) is 4.74 Å². The molecule has 1 aliphatic carbocycles. The highest BCUT2D eigenvalue weighted by atomic mass is 16.5. The molecule has 0 N–H and O–H groups in total. The molecule has 1 nitrogen and oxygen atoms in total. The molecule has 96 valence electrons. The van der Waals surface area contributed by atoms with Gasteiger partial charge in [0.15, 0.2) is 0 Å². The maximum absolute atomic E-state index is 5.75. The van der Waals surface area contributed by atoms with Crippen LogP contribution in [-0.2, 0) is 4.74 Å². The van der Waals surface area contributed by atoms with Gasteiger partial charge in [0.1, 0.15) is 0 Å². The fourth-order valence-corrected chi connectivity index (χ4v) is 2.59. The van der Waals surface area contributed by atoms with Gasteiger partial charge in [-0.15, -0.1) is 0 Å². The largest absolute Gasteiger partial charge is 0.381 e. The molecule has 1 aliphatic rings. The Hall–Kier alpha value is -0.0400. The van der Waals surface area contributed by atoms with E-state index in [1.54, 1.807) is 0 Å². The van der Waals surface area contributed by atoms with Crippen molar-refractivity contribution in [1.82, 2.24) is 0 Å². The van der Waals surface area contributed by atoms with Crippen molar-refractivity contribution in [2.24, 2.45) is 5.92 Å². The second-order valence-corrected chi connectivity index (χ2v) is 5.35. The molecule has 16 heavy (non-hydrogen) atoms. The Balaban J connectivity index is 1.71. The minimum absolute atomic E-state index is 0.893. The first-order valence-electron chi connectivity index (χ1n) is 7.51. The summed E-state index contributed by atoms with van der Waals surface area (Å²) in [5.41, 5.74) is 0. The molecule has 1 rings (SSSR count). The van der Waals surface area contributed by atoms with E-state index in [-0.39, 0.29) is 0 Å². The van der Waals surface area contributed by atoms with Gasteiger partial charge < -0.3 is 4.74 Å². The predicted octanol–water partition coefficient (Wildman–Crippen LogP) is 4.94. The standard InChI is InChI=1S/C15H30O/c1-2-3-4-5-6-7-10-13-16-14-15-11-8-9-12-15/h15H,2-14H2,1H3. The van der Waals surface area contributed by atoms with Crippen molar-refractivity contribution in [3.63, 3.8) is 0 Å². The Morgan fingerprint density at radius 3 is 2.19 bits per heavy atom. The van der Waals surface area contributed by atoms with Crippen molar-refractivity contribution in [3.8, 4) is 0 Å². The van der Waals surface area contributed by atoms with Gasteiger partial charge in [0.25, 0.3) is 0 Å². The minimum Gasteiger partial charge on any atom is -0.381 e. The van der Waals surface area contributed by atoms with Crippen LogP contribution in [0.15, 0.2) is 0 Å². The third kappa shape index (κ3) is 7.27. The molecule has 1 fully saturated rings. The van der Waals surface area contributed by atoms with Crippen LogP contribution in [0.3, 0.4) is 0 Å². The lowest BCUT2D eigenvalue weighted by Gasteiger charge is -2.09. The van der Waals surface area contributed by atoms with Gasteiger partial charge in [-0.25, -0.2) is 0 Å². The number of ether oxygens (including phenoxy) is 1. The molecule has 0 aliphatic heterocycles. The van der Waals surface area contributed by atoms with Crippen molar-refractivity contribution in [2.75, 3.05) is 13.2 Å². The summed E-state index contributed by atoms with van der Waals surface area (Å²) < 4.78 is 5.75. The number of unbranched alkanes of at least 4 members (excludes halogenated alkanes) is 6. The van der Waals surface area contributed by atoms with Gasteiger partial charge in [0, 0.05) is 13.2 Å². The van der Waals surface area contributed by atoms with Gasteiger partial charge in [-0.2, -0.15) is 0 Å². The molecule has 1 heteroatoms. The first kappa shape index (κ1) is 14.0. The van der Waals surface area contributed by atoms with Crippen LogP contribution in [0.1, 0.15) is 77.6 Å². The SMILES string of the molecule is CCCCCCCCCOCC1CCCC1. The van der Waals surface area contributed by atoms with Gasteiger partial charge in [-0.05, 0) is 25.2 Å². The molecule has 0 unspecified atom stereocenters. The summed E-state index contributed by atoms with van der Waals surface area (Å²) >= 11 is 0. The predicted molar refractivity (Wildman–Crippen MR) is 70.8 cm³/mol. The van der Waals surface area contributed by atoms with Crippen LogP contribution in [0.2, 0.25) is 0 Å². The number of hydrogen-bond donors (Lipinski definition) is 0. The summed E-state index contributed by atoms with van der Waals surface area (Å²) in [4.78, 5) is 0. The highest BCUT2D eigenvalue weighted by Gasteiger charge is 2.14. The van der Waals surface area contributed by atoms with Crippen LogP contribution >= 0.6 is 0 Å². The van der Waals surface area contributed by atoms with Crippen LogP contribution in [0.5, 0.6) is 0 Å². The van der Waals surface area contributed by atoms with E-state index in [0.29, 0.717) is 0 Å². The maximum Gasteiger partial charge on any atom is 0.0494 e. The van der Waals surface area contributed by atoms with E-state index in [1.165, 1.54) is 70.6 Å². The van der Waals surface area contributed by atoms with E-state index in [0.717, 1.165) is 19.1 Å². The molecule has 0 aromatic rings. The molecular weight excluding hydrogens is 196 g/mol. The van der Waals surface area contributed by atoms with Gasteiger partial charge in [-0.1, -0.05) is 58.3 Å². The lowest BCUT2D eigenvalue weighted by Crippen LogP contribution is -2.06. The second kappa shape index (κ2) is 10.1. The van der Waals surface area contributed by atoms with E-state index in [1.807, 2.05) is 0 Å². The fourth-order valence-electron chi connectivity index (χ4n) is 2.59. The second-order valence-electron chi connectivity index (χ2n) is 5.35. The van der Waals surface area contributed by atoms with Crippen molar-refractivity contribution in [2.45, 2.75) is 77.6 Å². The lowest BCUT2D eigenvalue weighted by atomic mass is 10.1. The molecular formula is C15H30O. The van der Waals surface area contributed by atoms with Crippen LogP contribution in [0, 0.1) is 5.92 Å². The van der Waals surface area contributed by atoms with E-state index in [2.05, 4.69) is 6.92 Å². The zero-order chi connectivity index (χ0) is 11.5. The average molecular weight is 226 g/mol. The quantitative estimate of drug-likeness (QED) is 0.479. The monoisotopic (exact) mass is 226 g/mol. The van der Waals surface area contributed by atoms with Crippen LogP contribution in [0.25, 0.3) is 0 Å². The van der Waals surface area contributed by atoms with Crippen LogP contribution in [0.4, 0.5) is 0 Å².